The Hall–Kier alpha value is -5.50. The monoisotopic (exact) mass is 857 g/mol. The average Bonchev–Trinajstić information content (AvgIpc) is 4.09. The molecule has 7 N–H and O–H groups in total. The van der Waals surface area contributed by atoms with Crippen LogP contribution in [0.15, 0.2) is 94.3 Å². The van der Waals surface area contributed by atoms with E-state index in [2.05, 4.69) is 20.6 Å². The molecule has 0 aliphatic carbocycles. The third-order valence-corrected chi connectivity index (χ3v) is 14.0. The van der Waals surface area contributed by atoms with Crippen molar-refractivity contribution in [1.29, 1.82) is 0 Å². The first-order chi connectivity index (χ1) is 28.0. The number of nitrogens with zero attached hydrogens (tertiary/aromatic N) is 4. The largest absolute Gasteiger partial charge is 0.481 e. The topological polar surface area (TPSA) is 211 Å². The zero-order valence-corrected chi connectivity index (χ0v) is 34.1. The van der Waals surface area contributed by atoms with E-state index in [-0.39, 0.29) is 25.0 Å². The highest BCUT2D eigenvalue weighted by Gasteiger charge is 2.45. The van der Waals surface area contributed by atoms with Gasteiger partial charge in [0.25, 0.3) is 11.8 Å². The number of nitrogens with two attached hydrogens (primary N) is 1. The van der Waals surface area contributed by atoms with Crippen LogP contribution in [0.3, 0.4) is 0 Å². The molecule has 0 radical (unpaired) electrons. The van der Waals surface area contributed by atoms with Crippen LogP contribution in [0.5, 0.6) is 0 Å². The van der Waals surface area contributed by atoms with Gasteiger partial charge in [0, 0.05) is 36.9 Å². The smallest absolute Gasteiger partial charge is 0.313 e. The number of rotatable bonds is 12. The maximum atomic E-state index is 12.8. The van der Waals surface area contributed by atoms with Crippen molar-refractivity contribution in [3.8, 4) is 19.8 Å². The molecule has 2 unspecified atom stereocenters. The molecule has 2 aliphatic heterocycles. The van der Waals surface area contributed by atoms with Gasteiger partial charge < -0.3 is 41.5 Å². The molecular formula is C40H39N7O7S4. The van der Waals surface area contributed by atoms with Gasteiger partial charge in [0.2, 0.25) is 5.91 Å². The summed E-state index contributed by atoms with van der Waals surface area (Å²) >= 11 is 6.00. The van der Waals surface area contributed by atoms with Gasteiger partial charge in [0.05, 0.1) is 51.1 Å². The van der Waals surface area contributed by atoms with Gasteiger partial charge in [-0.2, -0.15) is 0 Å². The number of carboxylic acids is 1. The number of primary amides is 1. The van der Waals surface area contributed by atoms with Gasteiger partial charge in [-0.3, -0.25) is 19.2 Å². The van der Waals surface area contributed by atoms with Crippen LogP contribution in [0.1, 0.15) is 33.8 Å². The number of hydrogen-bond acceptors (Lipinski definition) is 14. The number of para-hydroxylation sites is 4. The first-order valence-corrected chi connectivity index (χ1v) is 21.6. The highest BCUT2D eigenvalue weighted by molar-refractivity contribution is 7.20. The van der Waals surface area contributed by atoms with Crippen LogP contribution in [0.4, 0.5) is 22.7 Å². The third-order valence-electron chi connectivity index (χ3n) is 10.2. The van der Waals surface area contributed by atoms with E-state index in [9.17, 15) is 34.5 Å². The van der Waals surface area contributed by atoms with E-state index in [1.165, 1.54) is 22.7 Å². The Morgan fingerprint density at radius 1 is 0.655 bits per heavy atom. The Balaban J connectivity index is 0.000000177. The summed E-state index contributed by atoms with van der Waals surface area (Å²) < 4.78 is 0. The molecule has 2 saturated heterocycles. The standard InChI is InChI=1S/C20H20N4O3S2.C20H19N3O4S2/c21-19(27)20(12-25)7-8-24(11-20)15-5-2-1-4-13(15)22-17(26)14-10-29-18(23-14)16-6-3-9-28-16;24-12-20(19(26)27)7-8-23(11-20)15-5-2-1-4-13(15)21-17(25)14-10-29-18(22-14)16-6-3-9-28-16/h1-6,9-10,25H,7-8,11-12H2,(H2,21,27)(H,22,26);1-6,9-10,24H,7-8,11-12H2,(H,21,25)(H,26,27). The number of aliphatic carboxylic acids is 1. The Labute approximate surface area is 349 Å². The minimum absolute atomic E-state index is 0.185. The molecule has 3 amide bonds. The fourth-order valence-corrected chi connectivity index (χ4v) is 10.0. The highest BCUT2D eigenvalue weighted by Crippen LogP contribution is 2.39. The van der Waals surface area contributed by atoms with Crippen molar-refractivity contribution >= 4 is 91.8 Å². The normalized spacial score (nSPS) is 18.7. The molecule has 300 valence electrons. The van der Waals surface area contributed by atoms with Gasteiger partial charge in [0.1, 0.15) is 26.8 Å². The molecular weight excluding hydrogens is 819 g/mol. The molecule has 2 aromatic carbocycles. The molecule has 58 heavy (non-hydrogen) atoms. The summed E-state index contributed by atoms with van der Waals surface area (Å²) in [7, 11) is 0. The van der Waals surface area contributed by atoms with Crippen LogP contribution in [0.25, 0.3) is 19.8 Å². The van der Waals surface area contributed by atoms with Crippen molar-refractivity contribution in [1.82, 2.24) is 9.97 Å². The van der Waals surface area contributed by atoms with Crippen molar-refractivity contribution < 1.29 is 34.5 Å². The van der Waals surface area contributed by atoms with E-state index >= 15 is 0 Å². The fourth-order valence-electron chi connectivity index (χ4n) is 6.80. The average molecular weight is 858 g/mol. The zero-order chi connectivity index (χ0) is 40.9. The number of hydrogen-bond donors (Lipinski definition) is 6. The lowest BCUT2D eigenvalue weighted by molar-refractivity contribution is -0.150. The molecule has 2 fully saturated rings. The summed E-state index contributed by atoms with van der Waals surface area (Å²) in [6.45, 7) is 0.833. The summed E-state index contributed by atoms with van der Waals surface area (Å²) in [6, 6.07) is 22.5. The van der Waals surface area contributed by atoms with Crippen molar-refractivity contribution in [3.05, 3.63) is 106 Å². The maximum Gasteiger partial charge on any atom is 0.313 e. The van der Waals surface area contributed by atoms with E-state index in [0.29, 0.717) is 55.2 Å². The number of carbonyl (C=O) groups excluding carboxylic acids is 3. The Kier molecular flexibility index (Phi) is 12.3. The van der Waals surface area contributed by atoms with E-state index in [0.717, 1.165) is 31.1 Å². The number of anilines is 4. The second-order valence-electron chi connectivity index (χ2n) is 13.9. The van der Waals surface area contributed by atoms with E-state index in [4.69, 9.17) is 5.73 Å². The Morgan fingerprint density at radius 3 is 1.48 bits per heavy atom. The van der Waals surface area contributed by atoms with Crippen molar-refractivity contribution in [2.75, 3.05) is 59.8 Å². The molecule has 18 heteroatoms. The molecule has 0 spiro atoms. The number of aliphatic hydroxyl groups excluding tert-OH is 2. The van der Waals surface area contributed by atoms with Gasteiger partial charge in [-0.15, -0.1) is 45.3 Å². The van der Waals surface area contributed by atoms with Gasteiger partial charge in [-0.1, -0.05) is 36.4 Å². The van der Waals surface area contributed by atoms with Crippen LogP contribution >= 0.6 is 45.3 Å². The van der Waals surface area contributed by atoms with Crippen LogP contribution in [-0.2, 0) is 9.59 Å². The minimum atomic E-state index is -1.18. The number of aliphatic hydroxyl groups is 2. The number of benzene rings is 2. The van der Waals surface area contributed by atoms with Crippen molar-refractivity contribution in [2.24, 2.45) is 16.6 Å². The lowest BCUT2D eigenvalue weighted by Gasteiger charge is -2.26. The molecule has 4 aromatic heterocycles. The fraction of sp³-hybridized carbons (Fsp3) is 0.250. The highest BCUT2D eigenvalue weighted by atomic mass is 32.1. The van der Waals surface area contributed by atoms with Crippen LogP contribution in [-0.4, -0.2) is 88.4 Å². The predicted octanol–water partition coefficient (Wildman–Crippen LogP) is 6.20. The van der Waals surface area contributed by atoms with E-state index in [1.54, 1.807) is 39.5 Å². The molecule has 2 atom stereocenters. The lowest BCUT2D eigenvalue weighted by atomic mass is 9.87. The number of aromatic nitrogens is 2. The van der Waals surface area contributed by atoms with Crippen molar-refractivity contribution in [2.45, 2.75) is 12.8 Å². The number of carbonyl (C=O) groups is 4. The Bertz CT molecular complexity index is 2230. The molecule has 0 bridgehead atoms. The van der Waals surface area contributed by atoms with Gasteiger partial charge in [0.15, 0.2) is 0 Å². The summed E-state index contributed by atoms with van der Waals surface area (Å²) in [5.74, 6) is -2.12. The van der Waals surface area contributed by atoms with Gasteiger partial charge in [-0.25, -0.2) is 9.97 Å². The van der Waals surface area contributed by atoms with Crippen LogP contribution < -0.4 is 26.2 Å². The molecule has 14 nitrogen and oxygen atoms in total. The molecule has 2 aliphatic rings. The summed E-state index contributed by atoms with van der Waals surface area (Å²) in [5.41, 5.74) is 6.80. The second kappa shape index (κ2) is 17.6. The Morgan fingerprint density at radius 2 is 1.10 bits per heavy atom. The maximum absolute atomic E-state index is 12.8. The molecule has 6 aromatic rings. The zero-order valence-electron chi connectivity index (χ0n) is 30.9. The third kappa shape index (κ3) is 8.52. The van der Waals surface area contributed by atoms with Crippen LogP contribution in [0.2, 0.25) is 0 Å². The number of carboxylic acid groups (broad SMARTS) is 1. The predicted molar refractivity (Wildman–Crippen MR) is 229 cm³/mol. The number of amides is 3. The van der Waals surface area contributed by atoms with Gasteiger partial charge in [-0.05, 0) is 60.0 Å². The number of nitrogens with one attached hydrogen (secondary N) is 2. The first kappa shape index (κ1) is 40.7. The quantitative estimate of drug-likeness (QED) is 0.0817. The summed E-state index contributed by atoms with van der Waals surface area (Å²) in [6.07, 6.45) is 0.814. The lowest BCUT2D eigenvalue weighted by Crippen LogP contribution is -2.42. The summed E-state index contributed by atoms with van der Waals surface area (Å²) in [4.78, 5) is 63.7. The van der Waals surface area contributed by atoms with Crippen LogP contribution in [0, 0.1) is 10.8 Å². The first-order valence-electron chi connectivity index (χ1n) is 18.1. The second-order valence-corrected chi connectivity index (χ2v) is 17.5. The number of thiophene rings is 2. The van der Waals surface area contributed by atoms with Gasteiger partial charge >= 0.3 is 5.97 Å². The minimum Gasteiger partial charge on any atom is -0.481 e. The molecule has 0 saturated carbocycles. The van der Waals surface area contributed by atoms with E-state index < -0.39 is 29.3 Å². The van der Waals surface area contributed by atoms with E-state index in [1.807, 2.05) is 87.3 Å². The molecule has 6 heterocycles. The summed E-state index contributed by atoms with van der Waals surface area (Å²) in [5, 5.41) is 43.7. The SMILES string of the molecule is NC(=O)C1(CO)CCN(c2ccccc2NC(=O)c2csc(-c3cccs3)n2)C1.O=C(Nc1ccccc1N1CCC(CO)(C(=O)O)C1)c1csc(-c2cccs2)n1. The molecule has 8 rings (SSSR count). The van der Waals surface area contributed by atoms with Crippen molar-refractivity contribution in [3.63, 3.8) is 0 Å². The number of thiazole rings is 2.